The maximum Gasteiger partial charge on any atom is 0.389 e. The summed E-state index contributed by atoms with van der Waals surface area (Å²) in [5.74, 6) is -0.959. The molecule has 144 valence electrons. The van der Waals surface area contributed by atoms with E-state index in [1.807, 2.05) is 30.3 Å². The van der Waals surface area contributed by atoms with E-state index in [9.17, 15) is 22.8 Å². The first-order valence-corrected chi connectivity index (χ1v) is 8.44. The minimum Gasteiger partial charge on any atom is -0.481 e. The Morgan fingerprint density at radius 2 is 1.88 bits per heavy atom. The highest BCUT2D eigenvalue weighted by Crippen LogP contribution is 2.40. The quantitative estimate of drug-likeness (QED) is 0.770. The average molecular weight is 372 g/mol. The highest BCUT2D eigenvalue weighted by atomic mass is 19.4. The van der Waals surface area contributed by atoms with Gasteiger partial charge in [0.05, 0.1) is 6.42 Å². The lowest BCUT2D eigenvalue weighted by atomic mass is 9.79. The molecule has 1 aliphatic heterocycles. The predicted octanol–water partition coefficient (Wildman–Crippen LogP) is 3.45. The summed E-state index contributed by atoms with van der Waals surface area (Å²) >= 11 is 0. The van der Waals surface area contributed by atoms with Gasteiger partial charge in [-0.05, 0) is 18.4 Å². The monoisotopic (exact) mass is 372 g/mol. The number of hydrogen-bond acceptors (Lipinski definition) is 2. The van der Waals surface area contributed by atoms with Crippen LogP contribution < -0.4 is 5.32 Å². The van der Waals surface area contributed by atoms with E-state index in [1.165, 1.54) is 11.8 Å². The second-order valence-electron chi connectivity index (χ2n) is 7.23. The molecule has 0 bridgehead atoms. The predicted molar refractivity (Wildman–Crippen MR) is 89.7 cm³/mol. The number of hydrogen-bond donors (Lipinski definition) is 2. The van der Waals surface area contributed by atoms with Crippen molar-refractivity contribution >= 4 is 12.0 Å². The van der Waals surface area contributed by atoms with Gasteiger partial charge in [0, 0.05) is 31.0 Å². The van der Waals surface area contributed by atoms with E-state index in [0.29, 0.717) is 6.42 Å². The van der Waals surface area contributed by atoms with Crippen molar-refractivity contribution in [2.24, 2.45) is 5.41 Å². The SMILES string of the molecule is CC1(CC(F)(F)F)CN(C(=O)NC(CCC(=O)O)Cc2ccccc2)C1. The van der Waals surface area contributed by atoms with Crippen molar-refractivity contribution < 1.29 is 27.9 Å². The number of alkyl halides is 3. The largest absolute Gasteiger partial charge is 0.481 e. The van der Waals surface area contributed by atoms with Crippen LogP contribution in [0.1, 0.15) is 31.7 Å². The van der Waals surface area contributed by atoms with E-state index in [1.54, 1.807) is 0 Å². The van der Waals surface area contributed by atoms with Gasteiger partial charge in [-0.25, -0.2) is 4.79 Å². The van der Waals surface area contributed by atoms with Crippen molar-refractivity contribution in [2.45, 2.75) is 44.8 Å². The van der Waals surface area contributed by atoms with Crippen molar-refractivity contribution in [2.75, 3.05) is 13.1 Å². The number of halogens is 3. The van der Waals surface area contributed by atoms with Gasteiger partial charge in [0.1, 0.15) is 0 Å². The van der Waals surface area contributed by atoms with Crippen LogP contribution in [0.4, 0.5) is 18.0 Å². The van der Waals surface area contributed by atoms with Gasteiger partial charge in [0.25, 0.3) is 0 Å². The van der Waals surface area contributed by atoms with Gasteiger partial charge in [-0.2, -0.15) is 13.2 Å². The molecule has 1 saturated heterocycles. The van der Waals surface area contributed by atoms with Crippen molar-refractivity contribution in [3.63, 3.8) is 0 Å². The van der Waals surface area contributed by atoms with Gasteiger partial charge in [-0.3, -0.25) is 4.79 Å². The lowest BCUT2D eigenvalue weighted by Gasteiger charge is -2.48. The molecule has 8 heteroatoms. The number of likely N-dealkylation sites (tertiary alicyclic amines) is 1. The summed E-state index contributed by atoms with van der Waals surface area (Å²) in [4.78, 5) is 24.5. The number of carbonyl (C=O) groups excluding carboxylic acids is 1. The van der Waals surface area contributed by atoms with Crippen LogP contribution in [0.2, 0.25) is 0 Å². The molecule has 0 saturated carbocycles. The highest BCUT2D eigenvalue weighted by molar-refractivity contribution is 5.76. The highest BCUT2D eigenvalue weighted by Gasteiger charge is 2.48. The Bertz CT molecular complexity index is 628. The van der Waals surface area contributed by atoms with Crippen LogP contribution in [0.15, 0.2) is 30.3 Å². The van der Waals surface area contributed by atoms with Crippen molar-refractivity contribution in [3.8, 4) is 0 Å². The Labute approximate surface area is 150 Å². The number of nitrogens with zero attached hydrogens (tertiary/aromatic N) is 1. The van der Waals surface area contributed by atoms with E-state index in [-0.39, 0.29) is 25.9 Å². The van der Waals surface area contributed by atoms with Gasteiger partial charge in [0.2, 0.25) is 0 Å². The zero-order valence-corrected chi connectivity index (χ0v) is 14.6. The lowest BCUT2D eigenvalue weighted by molar-refractivity contribution is -0.172. The lowest BCUT2D eigenvalue weighted by Crippen LogP contribution is -2.61. The number of aliphatic carboxylic acids is 1. The van der Waals surface area contributed by atoms with E-state index in [4.69, 9.17) is 5.11 Å². The number of carbonyl (C=O) groups is 2. The van der Waals surface area contributed by atoms with E-state index in [0.717, 1.165) is 5.56 Å². The molecule has 0 aromatic heterocycles. The maximum atomic E-state index is 12.6. The molecule has 2 rings (SSSR count). The summed E-state index contributed by atoms with van der Waals surface area (Å²) in [7, 11) is 0. The molecule has 2 amide bonds. The first-order chi connectivity index (χ1) is 12.1. The molecule has 1 aromatic carbocycles. The Balaban J connectivity index is 1.91. The van der Waals surface area contributed by atoms with Gasteiger partial charge >= 0.3 is 18.2 Å². The molecule has 1 unspecified atom stereocenters. The van der Waals surface area contributed by atoms with Crippen LogP contribution in [-0.2, 0) is 11.2 Å². The molecule has 0 aliphatic carbocycles. The second-order valence-corrected chi connectivity index (χ2v) is 7.23. The second kappa shape index (κ2) is 7.97. The number of benzene rings is 1. The molecule has 1 heterocycles. The Kier molecular flexibility index (Phi) is 6.15. The van der Waals surface area contributed by atoms with Crippen LogP contribution in [0, 0.1) is 5.41 Å². The number of carboxylic acids is 1. The van der Waals surface area contributed by atoms with Crippen LogP contribution >= 0.6 is 0 Å². The van der Waals surface area contributed by atoms with Gasteiger partial charge < -0.3 is 15.3 Å². The Hall–Kier alpha value is -2.25. The smallest absolute Gasteiger partial charge is 0.389 e. The third-order valence-electron chi connectivity index (χ3n) is 4.42. The fourth-order valence-electron chi connectivity index (χ4n) is 3.30. The van der Waals surface area contributed by atoms with Crippen molar-refractivity contribution in [1.29, 1.82) is 0 Å². The molecule has 1 aliphatic rings. The summed E-state index contributed by atoms with van der Waals surface area (Å²) in [5, 5.41) is 11.6. The standard InChI is InChI=1S/C18H23F3N2O3/c1-17(10-18(19,20)21)11-23(12-17)16(26)22-14(7-8-15(24)25)9-13-5-3-2-4-6-13/h2-6,14H,7-12H2,1H3,(H,22,26)(H,24,25). The number of nitrogens with one attached hydrogen (secondary N) is 1. The summed E-state index contributed by atoms with van der Waals surface area (Å²) in [5.41, 5.74) is -0.000289. The van der Waals surface area contributed by atoms with Gasteiger partial charge in [-0.1, -0.05) is 37.3 Å². The van der Waals surface area contributed by atoms with Crippen LogP contribution in [-0.4, -0.2) is 47.3 Å². The molecule has 1 atom stereocenters. The van der Waals surface area contributed by atoms with E-state index >= 15 is 0 Å². The van der Waals surface area contributed by atoms with Crippen LogP contribution in [0.5, 0.6) is 0 Å². The number of rotatable bonds is 7. The summed E-state index contributed by atoms with van der Waals surface area (Å²) in [6.45, 7) is 1.58. The fraction of sp³-hybridized carbons (Fsp3) is 0.556. The molecule has 26 heavy (non-hydrogen) atoms. The topological polar surface area (TPSA) is 69.6 Å². The molecular formula is C18H23F3N2O3. The summed E-state index contributed by atoms with van der Waals surface area (Å²) in [6.07, 6.45) is -4.55. The van der Waals surface area contributed by atoms with E-state index < -0.39 is 36.1 Å². The molecule has 0 radical (unpaired) electrons. The van der Waals surface area contributed by atoms with E-state index in [2.05, 4.69) is 5.32 Å². The first kappa shape index (κ1) is 20.1. The maximum absolute atomic E-state index is 12.6. The Morgan fingerprint density at radius 3 is 2.42 bits per heavy atom. The van der Waals surface area contributed by atoms with Crippen LogP contribution in [0.3, 0.4) is 0 Å². The summed E-state index contributed by atoms with van der Waals surface area (Å²) in [6, 6.07) is 8.47. The first-order valence-electron chi connectivity index (χ1n) is 8.44. The zero-order chi connectivity index (χ0) is 19.4. The molecule has 2 N–H and O–H groups in total. The normalized spacial score (nSPS) is 17.3. The molecule has 0 spiro atoms. The van der Waals surface area contributed by atoms with Crippen molar-refractivity contribution in [3.05, 3.63) is 35.9 Å². The molecule has 1 aromatic rings. The molecular weight excluding hydrogens is 349 g/mol. The van der Waals surface area contributed by atoms with Gasteiger partial charge in [0.15, 0.2) is 0 Å². The Morgan fingerprint density at radius 1 is 1.27 bits per heavy atom. The minimum atomic E-state index is -4.26. The average Bonchev–Trinajstić information content (AvgIpc) is 2.49. The molecule has 5 nitrogen and oxygen atoms in total. The molecule has 1 fully saturated rings. The zero-order valence-electron chi connectivity index (χ0n) is 14.6. The third kappa shape index (κ3) is 6.24. The number of carboxylic acid groups (broad SMARTS) is 1. The number of urea groups is 1. The van der Waals surface area contributed by atoms with Crippen LogP contribution in [0.25, 0.3) is 0 Å². The van der Waals surface area contributed by atoms with Gasteiger partial charge in [-0.15, -0.1) is 0 Å². The third-order valence-corrected chi connectivity index (χ3v) is 4.42. The number of amides is 2. The minimum absolute atomic E-state index is 0.0370. The summed E-state index contributed by atoms with van der Waals surface area (Å²) < 4.78 is 37.7. The van der Waals surface area contributed by atoms with Crippen molar-refractivity contribution in [1.82, 2.24) is 10.2 Å². The fourth-order valence-corrected chi connectivity index (χ4v) is 3.30.